The second-order valence-corrected chi connectivity index (χ2v) is 7.04. The van der Waals surface area contributed by atoms with Gasteiger partial charge in [0.2, 0.25) is 10.9 Å². The SMILES string of the molecule is CC(=O)Nc1ccc(NC(=O)c2sc3nnc(C(C)C)n3c2C)cc1. The number of aromatic nitrogens is 3. The zero-order valence-corrected chi connectivity index (χ0v) is 15.3. The molecule has 0 aliphatic carbocycles. The number of nitrogens with one attached hydrogen (secondary N) is 2. The zero-order valence-electron chi connectivity index (χ0n) is 14.5. The van der Waals surface area contributed by atoms with Crippen molar-refractivity contribution in [3.05, 3.63) is 40.7 Å². The maximum Gasteiger partial charge on any atom is 0.267 e. The summed E-state index contributed by atoms with van der Waals surface area (Å²) in [4.78, 5) is 25.0. The topological polar surface area (TPSA) is 88.4 Å². The molecule has 25 heavy (non-hydrogen) atoms. The molecule has 0 aliphatic heterocycles. The molecule has 0 fully saturated rings. The van der Waals surface area contributed by atoms with Crippen LogP contribution in [0.2, 0.25) is 0 Å². The van der Waals surface area contributed by atoms with Crippen LogP contribution >= 0.6 is 11.3 Å². The predicted molar refractivity (Wildman–Crippen MR) is 98.4 cm³/mol. The molecule has 0 unspecified atom stereocenters. The molecule has 0 saturated heterocycles. The molecular formula is C17H19N5O2S. The number of anilines is 2. The highest BCUT2D eigenvalue weighted by Gasteiger charge is 2.21. The minimum Gasteiger partial charge on any atom is -0.326 e. The van der Waals surface area contributed by atoms with E-state index < -0.39 is 0 Å². The van der Waals surface area contributed by atoms with Gasteiger partial charge in [-0.1, -0.05) is 25.2 Å². The molecule has 2 amide bonds. The van der Waals surface area contributed by atoms with Gasteiger partial charge in [-0.15, -0.1) is 10.2 Å². The van der Waals surface area contributed by atoms with Crippen molar-refractivity contribution in [2.75, 3.05) is 10.6 Å². The van der Waals surface area contributed by atoms with Crippen molar-refractivity contribution in [3.63, 3.8) is 0 Å². The van der Waals surface area contributed by atoms with E-state index in [1.54, 1.807) is 24.3 Å². The van der Waals surface area contributed by atoms with E-state index in [1.165, 1.54) is 18.3 Å². The number of nitrogens with zero attached hydrogens (tertiary/aromatic N) is 3. The normalized spacial score (nSPS) is 11.1. The fourth-order valence-electron chi connectivity index (χ4n) is 2.54. The van der Waals surface area contributed by atoms with Crippen LogP contribution in [-0.2, 0) is 4.79 Å². The van der Waals surface area contributed by atoms with Gasteiger partial charge in [0, 0.05) is 29.9 Å². The van der Waals surface area contributed by atoms with Gasteiger partial charge in [-0.05, 0) is 31.2 Å². The van der Waals surface area contributed by atoms with Crippen LogP contribution in [0.3, 0.4) is 0 Å². The minimum absolute atomic E-state index is 0.135. The van der Waals surface area contributed by atoms with Gasteiger partial charge < -0.3 is 10.6 Å². The molecule has 0 bridgehead atoms. The number of rotatable bonds is 4. The monoisotopic (exact) mass is 357 g/mol. The molecule has 3 rings (SSSR count). The number of amides is 2. The van der Waals surface area contributed by atoms with Crippen LogP contribution in [0.5, 0.6) is 0 Å². The third kappa shape index (κ3) is 3.39. The molecule has 0 radical (unpaired) electrons. The predicted octanol–water partition coefficient (Wildman–Crippen LogP) is 3.43. The van der Waals surface area contributed by atoms with E-state index in [-0.39, 0.29) is 17.7 Å². The second kappa shape index (κ2) is 6.64. The lowest BCUT2D eigenvalue weighted by molar-refractivity contribution is -0.114. The first-order valence-corrected chi connectivity index (χ1v) is 8.72. The molecule has 0 saturated carbocycles. The molecule has 0 aliphatic rings. The molecule has 2 aromatic heterocycles. The maximum atomic E-state index is 12.6. The van der Waals surface area contributed by atoms with Gasteiger partial charge in [-0.2, -0.15) is 0 Å². The standard InChI is InChI=1S/C17H19N5O2S/c1-9(2)15-20-21-17-22(15)10(3)14(25-17)16(24)19-13-7-5-12(6-8-13)18-11(4)23/h5-9H,1-4H3,(H,18,23)(H,19,24). The number of aryl methyl sites for hydroxylation is 1. The van der Waals surface area contributed by atoms with Gasteiger partial charge in [0.1, 0.15) is 10.7 Å². The van der Waals surface area contributed by atoms with Gasteiger partial charge in [0.15, 0.2) is 0 Å². The zero-order chi connectivity index (χ0) is 18.1. The van der Waals surface area contributed by atoms with E-state index in [2.05, 4.69) is 20.8 Å². The fourth-order valence-corrected chi connectivity index (χ4v) is 3.51. The van der Waals surface area contributed by atoms with Crippen LogP contribution in [0, 0.1) is 6.92 Å². The van der Waals surface area contributed by atoms with Crippen LogP contribution in [0.25, 0.3) is 4.96 Å². The second-order valence-electron chi connectivity index (χ2n) is 6.06. The largest absolute Gasteiger partial charge is 0.326 e. The highest BCUT2D eigenvalue weighted by molar-refractivity contribution is 7.19. The van der Waals surface area contributed by atoms with Gasteiger partial charge in [-0.25, -0.2) is 0 Å². The lowest BCUT2D eigenvalue weighted by Crippen LogP contribution is -2.12. The first-order valence-electron chi connectivity index (χ1n) is 7.90. The molecule has 8 heteroatoms. The fraction of sp³-hybridized carbons (Fsp3) is 0.294. The van der Waals surface area contributed by atoms with E-state index in [1.807, 2.05) is 25.2 Å². The van der Waals surface area contributed by atoms with Crippen LogP contribution in [0.4, 0.5) is 11.4 Å². The van der Waals surface area contributed by atoms with E-state index in [0.717, 1.165) is 11.5 Å². The molecule has 2 N–H and O–H groups in total. The van der Waals surface area contributed by atoms with Gasteiger partial charge in [0.05, 0.1) is 0 Å². The summed E-state index contributed by atoms with van der Waals surface area (Å²) in [5.74, 6) is 0.752. The van der Waals surface area contributed by atoms with Gasteiger partial charge >= 0.3 is 0 Å². The number of fused-ring (bicyclic) bond motifs is 1. The minimum atomic E-state index is -0.185. The third-order valence-corrected chi connectivity index (χ3v) is 4.83. The average Bonchev–Trinajstić information content (AvgIpc) is 3.09. The van der Waals surface area contributed by atoms with Crippen molar-refractivity contribution in [1.29, 1.82) is 0 Å². The molecule has 130 valence electrons. The van der Waals surface area contributed by atoms with Gasteiger partial charge in [0.25, 0.3) is 5.91 Å². The Labute approximate surface area is 149 Å². The van der Waals surface area contributed by atoms with Crippen molar-refractivity contribution in [2.24, 2.45) is 0 Å². The Hall–Kier alpha value is -2.74. The van der Waals surface area contributed by atoms with E-state index >= 15 is 0 Å². The Morgan fingerprint density at radius 1 is 1.08 bits per heavy atom. The number of thiazole rings is 1. The van der Waals surface area contributed by atoms with Crippen molar-refractivity contribution < 1.29 is 9.59 Å². The van der Waals surface area contributed by atoms with E-state index in [0.29, 0.717) is 21.2 Å². The quantitative estimate of drug-likeness (QED) is 0.749. The lowest BCUT2D eigenvalue weighted by Gasteiger charge is -2.07. The van der Waals surface area contributed by atoms with E-state index in [4.69, 9.17) is 0 Å². The number of benzene rings is 1. The first kappa shape index (κ1) is 17.1. The molecule has 1 aromatic carbocycles. The molecule has 0 atom stereocenters. The molecule has 0 spiro atoms. The summed E-state index contributed by atoms with van der Waals surface area (Å²) in [7, 11) is 0. The summed E-state index contributed by atoms with van der Waals surface area (Å²) < 4.78 is 1.93. The van der Waals surface area contributed by atoms with Crippen molar-refractivity contribution >= 4 is 39.5 Å². The highest BCUT2D eigenvalue weighted by Crippen LogP contribution is 2.26. The average molecular weight is 357 g/mol. The number of hydrogen-bond donors (Lipinski definition) is 2. The summed E-state index contributed by atoms with van der Waals surface area (Å²) in [6.07, 6.45) is 0. The van der Waals surface area contributed by atoms with E-state index in [9.17, 15) is 9.59 Å². The maximum absolute atomic E-state index is 12.6. The molecule has 7 nitrogen and oxygen atoms in total. The lowest BCUT2D eigenvalue weighted by atomic mass is 10.2. The van der Waals surface area contributed by atoms with Crippen LogP contribution in [-0.4, -0.2) is 26.4 Å². The Bertz CT molecular complexity index is 940. The number of hydrogen-bond acceptors (Lipinski definition) is 5. The molecule has 3 aromatic rings. The summed E-state index contributed by atoms with van der Waals surface area (Å²) >= 11 is 1.32. The van der Waals surface area contributed by atoms with Crippen molar-refractivity contribution in [1.82, 2.24) is 14.6 Å². The van der Waals surface area contributed by atoms with Gasteiger partial charge in [-0.3, -0.25) is 14.0 Å². The first-order chi connectivity index (χ1) is 11.9. The Morgan fingerprint density at radius 2 is 1.68 bits per heavy atom. The Kier molecular flexibility index (Phi) is 4.54. The highest BCUT2D eigenvalue weighted by atomic mass is 32.1. The number of carbonyl (C=O) groups excluding carboxylic acids is 2. The summed E-state index contributed by atoms with van der Waals surface area (Å²) in [6, 6.07) is 6.98. The molecular weight excluding hydrogens is 338 g/mol. The smallest absolute Gasteiger partial charge is 0.267 e. The van der Waals surface area contributed by atoms with Crippen molar-refractivity contribution in [3.8, 4) is 0 Å². The van der Waals surface area contributed by atoms with Crippen LogP contribution in [0.15, 0.2) is 24.3 Å². The van der Waals surface area contributed by atoms with Crippen molar-refractivity contribution in [2.45, 2.75) is 33.6 Å². The van der Waals surface area contributed by atoms with Crippen LogP contribution < -0.4 is 10.6 Å². The third-order valence-electron chi connectivity index (χ3n) is 3.70. The summed E-state index contributed by atoms with van der Waals surface area (Å²) in [5.41, 5.74) is 2.18. The number of carbonyl (C=O) groups is 2. The summed E-state index contributed by atoms with van der Waals surface area (Å²) in [6.45, 7) is 7.44. The Morgan fingerprint density at radius 3 is 2.24 bits per heavy atom. The van der Waals surface area contributed by atoms with Crippen LogP contribution in [0.1, 0.15) is 47.9 Å². The Balaban J connectivity index is 1.83. The molecule has 2 heterocycles. The summed E-state index contributed by atoms with van der Waals surface area (Å²) in [5, 5.41) is 13.9.